The fraction of sp³-hybridized carbons (Fsp3) is 0.227. The number of carbonyl (C=O) groups is 1. The van der Waals surface area contributed by atoms with Crippen LogP contribution in [-0.4, -0.2) is 22.9 Å². The number of methoxy groups -OCH3 is 1. The lowest BCUT2D eigenvalue weighted by molar-refractivity contribution is -0.116. The number of hydrogen-bond donors (Lipinski definition) is 2. The average Bonchev–Trinajstić information content (AvgIpc) is 3.09. The van der Waals surface area contributed by atoms with E-state index in [9.17, 15) is 4.79 Å². The number of aryl methyl sites for hydroxylation is 2. The second-order valence-corrected chi connectivity index (χ2v) is 9.06. The maximum Gasteiger partial charge on any atom is 0.240 e. The van der Waals surface area contributed by atoms with E-state index in [2.05, 4.69) is 32.7 Å². The van der Waals surface area contributed by atoms with E-state index >= 15 is 0 Å². The molecule has 0 unspecified atom stereocenters. The molecule has 4 rings (SSSR count). The number of hydrogen-bond acceptors (Lipinski definition) is 4. The maximum absolute atomic E-state index is 13.3. The standard InChI is InChI=1S/C22H22BrN3O2S/c1-13-4-10-18(17(23)12-13)24-22(27)21-20(15-6-8-16(28-3)9-7-15)25-26-14(2)5-11-19(26)29-21/h4-12,20-21,25H,1-3H3,(H,24,27)/t20-,21+/m0/s1. The molecular formula is C22H22BrN3O2S. The molecule has 1 aliphatic rings. The zero-order valence-corrected chi connectivity index (χ0v) is 18.8. The van der Waals surface area contributed by atoms with Gasteiger partial charge in [-0.05, 0) is 77.3 Å². The molecule has 0 saturated heterocycles. The van der Waals surface area contributed by atoms with Crippen LogP contribution in [0.1, 0.15) is 22.9 Å². The molecule has 2 N–H and O–H groups in total. The lowest BCUT2D eigenvalue weighted by atomic mass is 10.0. The van der Waals surface area contributed by atoms with E-state index in [1.807, 2.05) is 67.1 Å². The van der Waals surface area contributed by atoms with Crippen molar-refractivity contribution in [2.75, 3.05) is 17.9 Å². The van der Waals surface area contributed by atoms with Crippen molar-refractivity contribution in [1.29, 1.82) is 0 Å². The number of nitrogens with zero attached hydrogens (tertiary/aromatic N) is 1. The monoisotopic (exact) mass is 471 g/mol. The summed E-state index contributed by atoms with van der Waals surface area (Å²) in [6, 6.07) is 17.7. The first-order valence-corrected chi connectivity index (χ1v) is 11.0. The normalized spacial score (nSPS) is 17.9. The van der Waals surface area contributed by atoms with Gasteiger partial charge in [-0.3, -0.25) is 9.47 Å². The molecule has 2 heterocycles. The van der Waals surface area contributed by atoms with E-state index in [4.69, 9.17) is 4.74 Å². The van der Waals surface area contributed by atoms with Gasteiger partial charge in [-0.2, -0.15) is 0 Å². The third kappa shape index (κ3) is 4.02. The summed E-state index contributed by atoms with van der Waals surface area (Å²) < 4.78 is 8.20. The van der Waals surface area contributed by atoms with E-state index in [1.54, 1.807) is 18.9 Å². The van der Waals surface area contributed by atoms with Crippen molar-refractivity contribution in [2.45, 2.75) is 30.2 Å². The molecule has 2 atom stereocenters. The van der Waals surface area contributed by atoms with Crippen LogP contribution in [0.5, 0.6) is 5.75 Å². The minimum atomic E-state index is -0.335. The summed E-state index contributed by atoms with van der Waals surface area (Å²) in [6.45, 7) is 4.07. The van der Waals surface area contributed by atoms with Gasteiger partial charge in [0.25, 0.3) is 0 Å². The van der Waals surface area contributed by atoms with Crippen molar-refractivity contribution >= 4 is 39.3 Å². The molecule has 1 amide bonds. The Labute approximate surface area is 182 Å². The van der Waals surface area contributed by atoms with Crippen LogP contribution in [0.25, 0.3) is 0 Å². The number of ether oxygens (including phenoxy) is 1. The van der Waals surface area contributed by atoms with Gasteiger partial charge in [0.15, 0.2) is 0 Å². The number of nitrogens with one attached hydrogen (secondary N) is 2. The smallest absolute Gasteiger partial charge is 0.240 e. The summed E-state index contributed by atoms with van der Waals surface area (Å²) in [5.74, 6) is 0.748. The largest absolute Gasteiger partial charge is 0.497 e. The number of aromatic nitrogens is 1. The average molecular weight is 472 g/mol. The van der Waals surface area contributed by atoms with Crippen molar-refractivity contribution in [3.05, 3.63) is 75.9 Å². The third-order valence-electron chi connectivity index (χ3n) is 4.97. The molecule has 29 heavy (non-hydrogen) atoms. The quantitative estimate of drug-likeness (QED) is 0.543. The third-order valence-corrected chi connectivity index (χ3v) is 6.93. The Morgan fingerprint density at radius 1 is 1.14 bits per heavy atom. The van der Waals surface area contributed by atoms with Gasteiger partial charge in [0.2, 0.25) is 5.91 Å². The summed E-state index contributed by atoms with van der Waals surface area (Å²) in [4.78, 5) is 13.3. The Morgan fingerprint density at radius 2 is 1.90 bits per heavy atom. The van der Waals surface area contributed by atoms with E-state index < -0.39 is 0 Å². The van der Waals surface area contributed by atoms with Gasteiger partial charge in [0, 0.05) is 10.2 Å². The molecule has 0 spiro atoms. The van der Waals surface area contributed by atoms with Gasteiger partial charge in [-0.15, -0.1) is 0 Å². The van der Waals surface area contributed by atoms with Crippen LogP contribution in [0.3, 0.4) is 0 Å². The molecule has 150 valence electrons. The number of amides is 1. The molecule has 3 aromatic rings. The van der Waals surface area contributed by atoms with Crippen LogP contribution >= 0.6 is 27.7 Å². The van der Waals surface area contributed by atoms with E-state index in [1.165, 1.54) is 0 Å². The molecule has 5 nitrogen and oxygen atoms in total. The second kappa shape index (κ2) is 8.16. The number of benzene rings is 2. The highest BCUT2D eigenvalue weighted by molar-refractivity contribution is 9.10. The van der Waals surface area contributed by atoms with Gasteiger partial charge in [0.1, 0.15) is 11.0 Å². The minimum Gasteiger partial charge on any atom is -0.497 e. The van der Waals surface area contributed by atoms with Crippen LogP contribution in [0.15, 0.2) is 64.1 Å². The molecule has 7 heteroatoms. The predicted octanol–water partition coefficient (Wildman–Crippen LogP) is 5.27. The SMILES string of the molecule is COc1ccc([C@@H]2Nn3c(C)ccc3S[C@H]2C(=O)Nc2ccc(C)cc2Br)cc1. The zero-order chi connectivity index (χ0) is 20.5. The van der Waals surface area contributed by atoms with Crippen LogP contribution in [0.2, 0.25) is 0 Å². The highest BCUT2D eigenvalue weighted by Gasteiger charge is 2.36. The summed E-state index contributed by atoms with van der Waals surface area (Å²) in [6.07, 6.45) is 0. The predicted molar refractivity (Wildman–Crippen MR) is 121 cm³/mol. The van der Waals surface area contributed by atoms with Crippen LogP contribution in [-0.2, 0) is 4.79 Å². The Hall–Kier alpha value is -2.38. The molecule has 0 aliphatic carbocycles. The number of fused-ring (bicyclic) bond motifs is 1. The highest BCUT2D eigenvalue weighted by Crippen LogP contribution is 2.39. The Bertz CT molecular complexity index is 1050. The second-order valence-electron chi connectivity index (χ2n) is 7.04. The van der Waals surface area contributed by atoms with Crippen molar-refractivity contribution in [3.8, 4) is 5.75 Å². The fourth-order valence-electron chi connectivity index (χ4n) is 3.37. The van der Waals surface area contributed by atoms with Crippen LogP contribution in [0.4, 0.5) is 5.69 Å². The molecular weight excluding hydrogens is 450 g/mol. The molecule has 1 aliphatic heterocycles. The molecule has 1 aromatic heterocycles. The first-order valence-electron chi connectivity index (χ1n) is 9.29. The summed E-state index contributed by atoms with van der Waals surface area (Å²) in [5.41, 5.74) is 7.56. The first-order chi connectivity index (χ1) is 14.0. The minimum absolute atomic E-state index is 0.0435. The van der Waals surface area contributed by atoms with Gasteiger partial charge in [-0.25, -0.2) is 0 Å². The van der Waals surface area contributed by atoms with Crippen LogP contribution in [0, 0.1) is 13.8 Å². The molecule has 0 fully saturated rings. The van der Waals surface area contributed by atoms with Gasteiger partial charge >= 0.3 is 0 Å². The Balaban J connectivity index is 1.66. The van der Waals surface area contributed by atoms with E-state index in [0.717, 1.165) is 37.8 Å². The fourth-order valence-corrected chi connectivity index (χ4v) is 5.19. The van der Waals surface area contributed by atoms with E-state index in [0.29, 0.717) is 0 Å². The topological polar surface area (TPSA) is 55.3 Å². The summed E-state index contributed by atoms with van der Waals surface area (Å²) in [7, 11) is 1.65. The van der Waals surface area contributed by atoms with Gasteiger partial charge in [-0.1, -0.05) is 30.0 Å². The van der Waals surface area contributed by atoms with Crippen molar-refractivity contribution in [2.24, 2.45) is 0 Å². The maximum atomic E-state index is 13.3. The first kappa shape index (κ1) is 19.9. The van der Waals surface area contributed by atoms with Gasteiger partial charge < -0.3 is 15.5 Å². The number of halogens is 1. The Morgan fingerprint density at radius 3 is 2.59 bits per heavy atom. The van der Waals surface area contributed by atoms with Gasteiger partial charge in [0.05, 0.1) is 23.9 Å². The number of carbonyl (C=O) groups excluding carboxylic acids is 1. The lowest BCUT2D eigenvalue weighted by Crippen LogP contribution is -2.41. The molecule has 0 radical (unpaired) electrons. The van der Waals surface area contributed by atoms with E-state index in [-0.39, 0.29) is 17.2 Å². The summed E-state index contributed by atoms with van der Waals surface area (Å²) >= 11 is 5.12. The van der Waals surface area contributed by atoms with Crippen molar-refractivity contribution < 1.29 is 9.53 Å². The molecule has 0 saturated carbocycles. The molecule has 0 bridgehead atoms. The van der Waals surface area contributed by atoms with Crippen molar-refractivity contribution in [3.63, 3.8) is 0 Å². The number of rotatable bonds is 4. The van der Waals surface area contributed by atoms with Crippen LogP contribution < -0.4 is 15.5 Å². The number of thioether (sulfide) groups is 1. The number of anilines is 1. The lowest BCUT2D eigenvalue weighted by Gasteiger charge is -2.34. The summed E-state index contributed by atoms with van der Waals surface area (Å²) in [5, 5.41) is 3.78. The highest BCUT2D eigenvalue weighted by atomic mass is 79.9. The zero-order valence-electron chi connectivity index (χ0n) is 16.4. The molecule has 2 aromatic carbocycles. The Kier molecular flexibility index (Phi) is 5.61. The van der Waals surface area contributed by atoms with Crippen molar-refractivity contribution in [1.82, 2.24) is 4.68 Å².